The molecule has 3 nitrogen and oxygen atoms in total. The van der Waals surface area contributed by atoms with E-state index in [9.17, 15) is 4.79 Å². The van der Waals surface area contributed by atoms with Crippen LogP contribution < -0.4 is 0 Å². The van der Waals surface area contributed by atoms with Crippen molar-refractivity contribution in [3.8, 4) is 0 Å². The van der Waals surface area contributed by atoms with Crippen molar-refractivity contribution >= 4 is 5.78 Å². The number of rotatable bonds is 4. The van der Waals surface area contributed by atoms with Crippen LogP contribution in [0.5, 0.6) is 0 Å². The minimum absolute atomic E-state index is 0.179. The fraction of sp³-hybridized carbons (Fsp3) is 0.267. The summed E-state index contributed by atoms with van der Waals surface area (Å²) in [5.41, 5.74) is 3.76. The summed E-state index contributed by atoms with van der Waals surface area (Å²) in [6.07, 6.45) is 2.55. The SMILES string of the molecule is Cc1cc(CC(=O)Cc2ccccn2)cc(C)n1. The van der Waals surface area contributed by atoms with Gasteiger partial charge in [-0.15, -0.1) is 0 Å². The molecule has 2 aromatic heterocycles. The highest BCUT2D eigenvalue weighted by atomic mass is 16.1. The Hall–Kier alpha value is -2.03. The molecule has 0 saturated heterocycles. The molecule has 0 amide bonds. The third-order valence-corrected chi connectivity index (χ3v) is 2.65. The van der Waals surface area contributed by atoms with Crippen molar-refractivity contribution in [3.63, 3.8) is 0 Å². The molecule has 0 aromatic carbocycles. The van der Waals surface area contributed by atoms with Gasteiger partial charge in [0.15, 0.2) is 0 Å². The second kappa shape index (κ2) is 5.54. The van der Waals surface area contributed by atoms with Gasteiger partial charge >= 0.3 is 0 Å². The van der Waals surface area contributed by atoms with E-state index in [1.54, 1.807) is 6.20 Å². The molecule has 0 bridgehead atoms. The summed E-state index contributed by atoms with van der Waals surface area (Å²) in [5, 5.41) is 0. The summed E-state index contributed by atoms with van der Waals surface area (Å²) >= 11 is 0. The van der Waals surface area contributed by atoms with Crippen LogP contribution in [0.25, 0.3) is 0 Å². The van der Waals surface area contributed by atoms with Crippen molar-refractivity contribution in [1.29, 1.82) is 0 Å². The summed E-state index contributed by atoms with van der Waals surface area (Å²) in [6.45, 7) is 3.89. The molecule has 2 rings (SSSR count). The van der Waals surface area contributed by atoms with Crippen molar-refractivity contribution in [1.82, 2.24) is 9.97 Å². The summed E-state index contributed by atoms with van der Waals surface area (Å²) in [5.74, 6) is 0.179. The fourth-order valence-electron chi connectivity index (χ4n) is 2.02. The van der Waals surface area contributed by atoms with E-state index >= 15 is 0 Å². The van der Waals surface area contributed by atoms with Crippen molar-refractivity contribution in [2.45, 2.75) is 26.7 Å². The minimum atomic E-state index is 0.179. The molecule has 92 valence electrons. The van der Waals surface area contributed by atoms with E-state index in [4.69, 9.17) is 0 Å². The lowest BCUT2D eigenvalue weighted by atomic mass is 10.0. The van der Waals surface area contributed by atoms with Crippen LogP contribution in [-0.2, 0) is 17.6 Å². The Bertz CT molecular complexity index is 529. The van der Waals surface area contributed by atoms with E-state index in [1.165, 1.54) is 0 Å². The zero-order valence-corrected chi connectivity index (χ0v) is 10.7. The predicted molar refractivity (Wildman–Crippen MR) is 70.4 cm³/mol. The number of aryl methyl sites for hydroxylation is 2. The van der Waals surface area contributed by atoms with Crippen molar-refractivity contribution in [3.05, 3.63) is 59.2 Å². The molecule has 0 saturated carbocycles. The highest BCUT2D eigenvalue weighted by Crippen LogP contribution is 2.07. The maximum atomic E-state index is 11.9. The van der Waals surface area contributed by atoms with E-state index in [0.29, 0.717) is 12.8 Å². The van der Waals surface area contributed by atoms with Gasteiger partial charge in [-0.25, -0.2) is 0 Å². The second-order valence-corrected chi connectivity index (χ2v) is 4.47. The summed E-state index contributed by atoms with van der Waals surface area (Å²) in [4.78, 5) is 20.4. The van der Waals surface area contributed by atoms with E-state index in [2.05, 4.69) is 9.97 Å². The maximum Gasteiger partial charge on any atom is 0.143 e. The standard InChI is InChI=1S/C15H16N2O/c1-11-7-13(8-12(2)17-11)9-15(18)10-14-5-3-4-6-16-14/h3-8H,9-10H2,1-2H3. The van der Waals surface area contributed by atoms with Gasteiger partial charge < -0.3 is 0 Å². The van der Waals surface area contributed by atoms with Crippen LogP contribution in [0.3, 0.4) is 0 Å². The largest absolute Gasteiger partial charge is 0.299 e. The molecule has 3 heteroatoms. The Morgan fingerprint density at radius 1 is 1.11 bits per heavy atom. The van der Waals surface area contributed by atoms with E-state index in [-0.39, 0.29) is 5.78 Å². The zero-order valence-electron chi connectivity index (χ0n) is 10.7. The van der Waals surface area contributed by atoms with Crippen LogP contribution in [0.1, 0.15) is 22.6 Å². The number of nitrogens with zero attached hydrogens (tertiary/aromatic N) is 2. The average Bonchev–Trinajstić information content (AvgIpc) is 2.28. The first-order chi connectivity index (χ1) is 8.63. The number of carbonyl (C=O) groups is 1. The third kappa shape index (κ3) is 3.48. The Kier molecular flexibility index (Phi) is 3.82. The van der Waals surface area contributed by atoms with Gasteiger partial charge in [0.25, 0.3) is 0 Å². The zero-order chi connectivity index (χ0) is 13.0. The Balaban J connectivity index is 2.03. The van der Waals surface area contributed by atoms with Gasteiger partial charge in [0.2, 0.25) is 0 Å². The van der Waals surface area contributed by atoms with Gasteiger partial charge in [-0.05, 0) is 43.7 Å². The number of aromatic nitrogens is 2. The first kappa shape index (κ1) is 12.4. The summed E-state index contributed by atoms with van der Waals surface area (Å²) < 4.78 is 0. The molecular formula is C15H16N2O. The molecule has 0 aliphatic rings. The molecule has 0 unspecified atom stereocenters. The van der Waals surface area contributed by atoms with Crippen LogP contribution in [0, 0.1) is 13.8 Å². The monoisotopic (exact) mass is 240 g/mol. The number of carbonyl (C=O) groups excluding carboxylic acids is 1. The molecule has 0 fully saturated rings. The molecule has 2 heterocycles. The Labute approximate surface area is 107 Å². The van der Waals surface area contributed by atoms with Crippen LogP contribution in [0.2, 0.25) is 0 Å². The van der Waals surface area contributed by atoms with E-state index in [1.807, 2.05) is 44.2 Å². The molecular weight excluding hydrogens is 224 g/mol. The fourth-order valence-corrected chi connectivity index (χ4v) is 2.02. The predicted octanol–water partition coefficient (Wildman–Crippen LogP) is 2.45. The molecule has 0 aliphatic carbocycles. The number of ketones is 1. The third-order valence-electron chi connectivity index (χ3n) is 2.65. The minimum Gasteiger partial charge on any atom is -0.299 e. The molecule has 2 aromatic rings. The molecule has 0 radical (unpaired) electrons. The Morgan fingerprint density at radius 2 is 1.83 bits per heavy atom. The van der Waals surface area contributed by atoms with Crippen LogP contribution in [0.4, 0.5) is 0 Å². The van der Waals surface area contributed by atoms with Crippen molar-refractivity contribution < 1.29 is 4.79 Å². The smallest absolute Gasteiger partial charge is 0.143 e. The van der Waals surface area contributed by atoms with Gasteiger partial charge in [0.1, 0.15) is 5.78 Å². The number of pyridine rings is 2. The normalized spacial score (nSPS) is 10.3. The lowest BCUT2D eigenvalue weighted by molar-refractivity contribution is -0.117. The van der Waals surface area contributed by atoms with Gasteiger partial charge in [0, 0.05) is 36.1 Å². The molecule has 0 N–H and O–H groups in total. The number of Topliss-reactive ketones (excluding diaryl/α,β-unsaturated/α-hetero) is 1. The lowest BCUT2D eigenvalue weighted by Gasteiger charge is -2.04. The Morgan fingerprint density at radius 3 is 2.44 bits per heavy atom. The maximum absolute atomic E-state index is 11.9. The van der Waals surface area contributed by atoms with Gasteiger partial charge in [0.05, 0.1) is 0 Å². The lowest BCUT2D eigenvalue weighted by Crippen LogP contribution is -2.08. The van der Waals surface area contributed by atoms with Crippen molar-refractivity contribution in [2.75, 3.05) is 0 Å². The number of hydrogen-bond donors (Lipinski definition) is 0. The summed E-state index contributed by atoms with van der Waals surface area (Å²) in [7, 11) is 0. The first-order valence-electron chi connectivity index (χ1n) is 5.99. The first-order valence-corrected chi connectivity index (χ1v) is 5.99. The highest BCUT2D eigenvalue weighted by molar-refractivity contribution is 5.82. The molecule has 18 heavy (non-hydrogen) atoms. The second-order valence-electron chi connectivity index (χ2n) is 4.47. The molecule has 0 aliphatic heterocycles. The van der Waals surface area contributed by atoms with Crippen LogP contribution >= 0.6 is 0 Å². The van der Waals surface area contributed by atoms with Gasteiger partial charge in [-0.3, -0.25) is 14.8 Å². The average molecular weight is 240 g/mol. The molecule has 0 spiro atoms. The van der Waals surface area contributed by atoms with Gasteiger partial charge in [-0.2, -0.15) is 0 Å². The van der Waals surface area contributed by atoms with Crippen LogP contribution in [0.15, 0.2) is 36.5 Å². The van der Waals surface area contributed by atoms with E-state index < -0.39 is 0 Å². The van der Waals surface area contributed by atoms with E-state index in [0.717, 1.165) is 22.6 Å². The quantitative estimate of drug-likeness (QED) is 0.824. The topological polar surface area (TPSA) is 42.9 Å². The summed E-state index contributed by atoms with van der Waals surface area (Å²) in [6, 6.07) is 9.55. The van der Waals surface area contributed by atoms with Gasteiger partial charge in [-0.1, -0.05) is 6.07 Å². The molecule has 0 atom stereocenters. The highest BCUT2D eigenvalue weighted by Gasteiger charge is 2.07. The van der Waals surface area contributed by atoms with Crippen LogP contribution in [-0.4, -0.2) is 15.8 Å². The number of hydrogen-bond acceptors (Lipinski definition) is 3. The van der Waals surface area contributed by atoms with Crippen molar-refractivity contribution in [2.24, 2.45) is 0 Å².